The molecule has 3 aromatic carbocycles. The second-order valence-electron chi connectivity index (χ2n) is 6.57. The van der Waals surface area contributed by atoms with Gasteiger partial charge < -0.3 is 9.72 Å². The van der Waals surface area contributed by atoms with Crippen LogP contribution in [0.1, 0.15) is 11.1 Å². The number of benzene rings is 3. The molecule has 0 saturated carbocycles. The minimum Gasteiger partial charge on any atom is -0.487 e. The van der Waals surface area contributed by atoms with Gasteiger partial charge in [0.05, 0.1) is 26.1 Å². The molecule has 6 nitrogen and oxygen atoms in total. The summed E-state index contributed by atoms with van der Waals surface area (Å²) >= 11 is 10.4. The number of halogens is 3. The molecule has 1 heterocycles. The van der Waals surface area contributed by atoms with E-state index in [0.717, 1.165) is 14.7 Å². The van der Waals surface area contributed by atoms with Crippen molar-refractivity contribution >= 4 is 64.9 Å². The molecule has 1 N–H and O–H groups in total. The summed E-state index contributed by atoms with van der Waals surface area (Å²) < 4.78 is 9.16. The van der Waals surface area contributed by atoms with Crippen LogP contribution in [-0.4, -0.2) is 15.9 Å². The van der Waals surface area contributed by atoms with Gasteiger partial charge in [-0.05, 0) is 79.4 Å². The topological polar surface area (TPSA) is 76.5 Å². The van der Waals surface area contributed by atoms with E-state index in [1.165, 1.54) is 6.21 Å². The molecule has 0 spiro atoms. The summed E-state index contributed by atoms with van der Waals surface area (Å²) in [6.45, 7) is 0.403. The molecule has 0 bridgehead atoms. The molecule has 0 radical (unpaired) electrons. The quantitative estimate of drug-likeness (QED) is 0.307. The number of hydrogen-bond acceptors (Lipinski definition) is 4. The first-order chi connectivity index (χ1) is 14.9. The number of rotatable bonds is 5. The van der Waals surface area contributed by atoms with Gasteiger partial charge in [-0.25, -0.2) is 4.79 Å². The van der Waals surface area contributed by atoms with Crippen LogP contribution >= 0.6 is 47.8 Å². The van der Waals surface area contributed by atoms with E-state index in [9.17, 15) is 9.59 Å². The molecule has 31 heavy (non-hydrogen) atoms. The normalized spacial score (nSPS) is 11.3. The number of nitrogens with zero attached hydrogens (tertiary/aromatic N) is 2. The predicted octanol–water partition coefficient (Wildman–Crippen LogP) is 5.44. The van der Waals surface area contributed by atoms with Gasteiger partial charge in [-0.1, -0.05) is 40.2 Å². The monoisotopic (exact) mass is 605 g/mol. The van der Waals surface area contributed by atoms with E-state index >= 15 is 0 Å². The smallest absolute Gasteiger partial charge is 0.349 e. The third-order valence-electron chi connectivity index (χ3n) is 4.42. The van der Waals surface area contributed by atoms with Crippen molar-refractivity contribution < 1.29 is 4.74 Å². The Labute approximate surface area is 202 Å². The molecule has 0 atom stereocenters. The van der Waals surface area contributed by atoms with Crippen molar-refractivity contribution in [1.29, 1.82) is 0 Å². The molecular weight excluding hydrogens is 594 g/mol. The zero-order chi connectivity index (χ0) is 22.0. The van der Waals surface area contributed by atoms with Gasteiger partial charge in [0.2, 0.25) is 0 Å². The maximum absolute atomic E-state index is 12.6. The van der Waals surface area contributed by atoms with Crippen molar-refractivity contribution in [2.24, 2.45) is 5.10 Å². The molecular formula is C22H14Br3N3O3. The Hall–Kier alpha value is -2.49. The lowest BCUT2D eigenvalue weighted by molar-refractivity contribution is 0.302. The standard InChI is InChI=1S/C22H14Br3N3O3/c23-15-7-5-13(6-8-15)12-31-20-17(24)9-14(10-18(20)25)11-26-28-21(29)16-3-1-2-4-19(16)27-22(28)30/h1-11H,12H2,(H,27,30). The van der Waals surface area contributed by atoms with E-state index in [4.69, 9.17) is 4.74 Å². The van der Waals surface area contributed by atoms with Gasteiger partial charge in [-0.2, -0.15) is 5.10 Å². The van der Waals surface area contributed by atoms with Gasteiger partial charge in [0.1, 0.15) is 12.4 Å². The zero-order valence-corrected chi connectivity index (χ0v) is 20.6. The SMILES string of the molecule is O=c1[nH]c2ccccc2c(=O)n1N=Cc1cc(Br)c(OCc2ccc(Br)cc2)c(Br)c1. The lowest BCUT2D eigenvalue weighted by Crippen LogP contribution is -2.32. The van der Waals surface area contributed by atoms with Gasteiger partial charge in [0.25, 0.3) is 5.56 Å². The summed E-state index contributed by atoms with van der Waals surface area (Å²) in [6, 6.07) is 18.3. The minimum atomic E-state index is -0.604. The molecule has 1 aromatic heterocycles. The van der Waals surface area contributed by atoms with E-state index in [1.807, 2.05) is 24.3 Å². The van der Waals surface area contributed by atoms with Crippen molar-refractivity contribution in [2.75, 3.05) is 0 Å². The van der Waals surface area contributed by atoms with E-state index in [1.54, 1.807) is 36.4 Å². The largest absolute Gasteiger partial charge is 0.487 e. The maximum Gasteiger partial charge on any atom is 0.349 e. The minimum absolute atomic E-state index is 0.387. The van der Waals surface area contributed by atoms with Crippen LogP contribution in [-0.2, 0) is 6.61 Å². The first kappa shape index (κ1) is 21.7. The van der Waals surface area contributed by atoms with Crippen molar-refractivity contribution in [3.05, 3.63) is 106 Å². The summed E-state index contributed by atoms with van der Waals surface area (Å²) in [5, 5.41) is 4.48. The van der Waals surface area contributed by atoms with Crippen LogP contribution in [0.5, 0.6) is 5.75 Å². The molecule has 4 rings (SSSR count). The van der Waals surface area contributed by atoms with E-state index in [0.29, 0.717) is 37.8 Å². The third kappa shape index (κ3) is 4.89. The Bertz CT molecular complexity index is 1390. The summed E-state index contributed by atoms with van der Waals surface area (Å²) in [6.07, 6.45) is 1.44. The fourth-order valence-electron chi connectivity index (χ4n) is 2.91. The Balaban J connectivity index is 1.59. The van der Waals surface area contributed by atoms with Crippen LogP contribution in [0.2, 0.25) is 0 Å². The Morgan fingerprint density at radius 2 is 1.65 bits per heavy atom. The Morgan fingerprint density at radius 1 is 0.968 bits per heavy atom. The Kier molecular flexibility index (Phi) is 6.54. The number of H-pyrrole nitrogens is 1. The molecule has 4 aromatic rings. The molecule has 0 amide bonds. The van der Waals surface area contributed by atoms with E-state index in [2.05, 4.69) is 57.9 Å². The zero-order valence-electron chi connectivity index (χ0n) is 15.8. The van der Waals surface area contributed by atoms with Gasteiger partial charge in [-0.15, -0.1) is 4.68 Å². The highest BCUT2D eigenvalue weighted by molar-refractivity contribution is 9.11. The summed E-state index contributed by atoms with van der Waals surface area (Å²) in [7, 11) is 0. The number of ether oxygens (including phenoxy) is 1. The van der Waals surface area contributed by atoms with Crippen LogP contribution < -0.4 is 16.0 Å². The third-order valence-corrected chi connectivity index (χ3v) is 6.13. The van der Waals surface area contributed by atoms with Gasteiger partial charge in [-0.3, -0.25) is 4.79 Å². The van der Waals surface area contributed by atoms with Crippen LogP contribution in [0, 0.1) is 0 Å². The van der Waals surface area contributed by atoms with Gasteiger partial charge in [0.15, 0.2) is 0 Å². The fourth-order valence-corrected chi connectivity index (χ4v) is 4.63. The lowest BCUT2D eigenvalue weighted by Gasteiger charge is -2.11. The maximum atomic E-state index is 12.6. The molecule has 0 unspecified atom stereocenters. The average molecular weight is 608 g/mol. The average Bonchev–Trinajstić information content (AvgIpc) is 2.74. The number of aromatic amines is 1. The van der Waals surface area contributed by atoms with E-state index < -0.39 is 11.2 Å². The molecule has 0 aliphatic carbocycles. The first-order valence-electron chi connectivity index (χ1n) is 9.07. The summed E-state index contributed by atoms with van der Waals surface area (Å²) in [5.74, 6) is 0.640. The van der Waals surface area contributed by atoms with Crippen LogP contribution in [0.15, 0.2) is 88.8 Å². The van der Waals surface area contributed by atoms with Crippen molar-refractivity contribution in [1.82, 2.24) is 9.66 Å². The summed E-state index contributed by atoms with van der Waals surface area (Å²) in [5.41, 5.74) is 1.09. The van der Waals surface area contributed by atoms with Crippen molar-refractivity contribution in [2.45, 2.75) is 6.61 Å². The van der Waals surface area contributed by atoms with Crippen LogP contribution in [0.25, 0.3) is 10.9 Å². The second-order valence-corrected chi connectivity index (χ2v) is 9.19. The second kappa shape index (κ2) is 9.33. The molecule has 0 aliphatic rings. The number of hydrogen-bond donors (Lipinski definition) is 1. The predicted molar refractivity (Wildman–Crippen MR) is 132 cm³/mol. The van der Waals surface area contributed by atoms with E-state index in [-0.39, 0.29) is 0 Å². The number of aromatic nitrogens is 2. The molecule has 9 heteroatoms. The number of nitrogens with one attached hydrogen (secondary N) is 1. The first-order valence-corrected chi connectivity index (χ1v) is 11.4. The summed E-state index contributed by atoms with van der Waals surface area (Å²) in [4.78, 5) is 27.5. The lowest BCUT2D eigenvalue weighted by atomic mass is 10.2. The highest BCUT2D eigenvalue weighted by Gasteiger charge is 2.10. The van der Waals surface area contributed by atoms with Crippen molar-refractivity contribution in [3.8, 4) is 5.75 Å². The molecule has 0 fully saturated rings. The molecule has 0 aliphatic heterocycles. The molecule has 0 saturated heterocycles. The highest BCUT2D eigenvalue weighted by atomic mass is 79.9. The molecule has 156 valence electrons. The Morgan fingerprint density at radius 3 is 2.35 bits per heavy atom. The number of fused-ring (bicyclic) bond motifs is 1. The highest BCUT2D eigenvalue weighted by Crippen LogP contribution is 2.35. The van der Waals surface area contributed by atoms with Gasteiger partial charge >= 0.3 is 5.69 Å². The number of para-hydroxylation sites is 1. The van der Waals surface area contributed by atoms with Crippen molar-refractivity contribution in [3.63, 3.8) is 0 Å². The van der Waals surface area contributed by atoms with Crippen LogP contribution in [0.4, 0.5) is 0 Å². The fraction of sp³-hybridized carbons (Fsp3) is 0.0455. The van der Waals surface area contributed by atoms with Crippen LogP contribution in [0.3, 0.4) is 0 Å². The van der Waals surface area contributed by atoms with Gasteiger partial charge in [0, 0.05) is 4.47 Å².